The van der Waals surface area contributed by atoms with Gasteiger partial charge in [0.25, 0.3) is 10.1 Å². The van der Waals surface area contributed by atoms with Gasteiger partial charge in [0.1, 0.15) is 37.4 Å². The van der Waals surface area contributed by atoms with Crippen LogP contribution in [0.25, 0.3) is 22.3 Å². The van der Waals surface area contributed by atoms with Gasteiger partial charge in [0.15, 0.2) is 0 Å². The summed E-state index contributed by atoms with van der Waals surface area (Å²) in [4.78, 5) is 32.6. The van der Waals surface area contributed by atoms with Gasteiger partial charge in [0.05, 0.1) is 74.1 Å². The van der Waals surface area contributed by atoms with Crippen LogP contribution < -0.4 is 51.6 Å². The third-order valence-corrected chi connectivity index (χ3v) is 26.5. The minimum absolute atomic E-state index is 0.0666. The molecule has 624 valence electrons. The normalized spacial score (nSPS) is 15.3. The molecule has 0 radical (unpaired) electrons. The molecule has 4 aliphatic heterocycles. The largest absolute Gasteiger partial charge is 0.495 e. The molecule has 0 bridgehead atoms. The molecule has 2 aromatic heterocycles. The average molecular weight is 1800 g/mol. The number of piperidine rings is 2. The summed E-state index contributed by atoms with van der Waals surface area (Å²) in [5.74, 6) is 2.97. The van der Waals surface area contributed by atoms with E-state index in [1.807, 2.05) is 67.6 Å². The van der Waals surface area contributed by atoms with Crippen molar-refractivity contribution < 1.29 is 36.7 Å². The number of aliphatic hydroxyl groups is 1. The second-order valence-corrected chi connectivity index (χ2v) is 40.1. The van der Waals surface area contributed by atoms with Gasteiger partial charge in [-0.2, -0.15) is 28.9 Å². The first-order chi connectivity index (χ1) is 55.9. The third-order valence-electron chi connectivity index (χ3n) is 21.2. The number of piperazine rings is 2. The predicted molar refractivity (Wildman–Crippen MR) is 486 cm³/mol. The molecule has 0 atom stereocenters. The number of aliphatic hydroxyl groups excluding tert-OH is 1. The van der Waals surface area contributed by atoms with Crippen molar-refractivity contribution in [2.24, 2.45) is 0 Å². The van der Waals surface area contributed by atoms with Crippen LogP contribution in [0.4, 0.5) is 51.7 Å². The lowest BCUT2D eigenvalue weighted by molar-refractivity contribution is 0.0982. The zero-order valence-corrected chi connectivity index (χ0v) is 75.6. The van der Waals surface area contributed by atoms with Crippen molar-refractivity contribution in [1.29, 1.82) is 10.5 Å². The Labute approximate surface area is 713 Å². The van der Waals surface area contributed by atoms with Gasteiger partial charge >= 0.3 is 0 Å². The maximum atomic E-state index is 13.5. The Bertz CT molecular complexity index is 5100. The quantitative estimate of drug-likeness (QED) is 0.0168. The molecular formula is C87H111Br2ClN16O8P2S. The van der Waals surface area contributed by atoms with Crippen molar-refractivity contribution in [1.82, 2.24) is 39.5 Å². The van der Waals surface area contributed by atoms with Crippen LogP contribution in [0.15, 0.2) is 160 Å². The van der Waals surface area contributed by atoms with Gasteiger partial charge in [0, 0.05) is 144 Å². The van der Waals surface area contributed by atoms with E-state index in [4.69, 9.17) is 46.7 Å². The summed E-state index contributed by atoms with van der Waals surface area (Å²) in [6.45, 7) is 29.4. The maximum Gasteiger partial charge on any atom is 0.294 e. The number of nitrogen functional groups attached to an aromatic ring is 1. The molecule has 7 aromatic carbocycles. The van der Waals surface area contributed by atoms with Crippen LogP contribution >= 0.6 is 57.7 Å². The standard InChI is InChI=1S/C38H46BrN8O2P.C19H15BrClN4OP.C19H32N4O.C7H8O3S.C4H10O/c1-6-27-21-33(35(49-3)23-34(27)47-15-13-30(14-16-47)46-19-17-45(2)18-20-46)43-38-41-25-31(39)37(44-38)42-32-12-11-29(22-36(32)50(4,5)48)28-9-7-26(24-40)8-10-28;1-27(2,26)17-9-14(13-5-3-12(10-22)4-6-13)7-8-16(17)24-18-15(20)11-23-19(21)25-18;1-4-15-13-17(20)19(24-3)14-18(15)23-7-5-16(6-8-23)22-11-9-21(2)10-12-22;1-6-2-4-7(5-3-6)11(8,9)10;1-2-3-4-5/h7-12,21-23,25,30H,6,13-20H2,1-5H3,(H2,41,42,43,44);3-9,11H,1-2H3,(H,23,24,25);13-14,16H,4-12,20H2,1-3H3;2-5H,1H3,(H,8,9,10);5H,2-4H2,1H3. The molecule has 4 fully saturated rings. The molecule has 0 unspecified atom stereocenters. The van der Waals surface area contributed by atoms with Gasteiger partial charge in [0.2, 0.25) is 11.2 Å². The second kappa shape index (κ2) is 43.5. The summed E-state index contributed by atoms with van der Waals surface area (Å²) in [5.41, 5.74) is 20.0. The molecule has 4 aliphatic rings. The predicted octanol–water partition coefficient (Wildman–Crippen LogP) is 16.8. The second-order valence-electron chi connectivity index (χ2n) is 30.2. The number of nitriles is 2. The Hall–Kier alpha value is -8.50. The number of ether oxygens (including phenoxy) is 2. The van der Waals surface area contributed by atoms with E-state index in [1.165, 1.54) is 86.5 Å². The summed E-state index contributed by atoms with van der Waals surface area (Å²) in [5, 5.41) is 37.7. The minimum atomic E-state index is -4.02. The van der Waals surface area contributed by atoms with E-state index in [2.05, 4.69) is 163 Å². The van der Waals surface area contributed by atoms with Crippen molar-refractivity contribution in [2.75, 3.05) is 172 Å². The fourth-order valence-corrected chi connectivity index (χ4v) is 17.9. The number of unbranched alkanes of at least 4 members (excludes halogenated alkanes) is 1. The third kappa shape index (κ3) is 26.2. The number of aryl methyl sites for hydroxylation is 3. The van der Waals surface area contributed by atoms with Crippen molar-refractivity contribution in [3.63, 3.8) is 0 Å². The van der Waals surface area contributed by atoms with E-state index in [0.717, 1.165) is 135 Å². The van der Waals surface area contributed by atoms with Crippen LogP contribution in [0.3, 0.4) is 0 Å². The number of nitrogens with two attached hydrogens (primary N) is 1. The molecule has 7 N–H and O–H groups in total. The van der Waals surface area contributed by atoms with Gasteiger partial charge in [-0.05, 0) is 242 Å². The maximum absolute atomic E-state index is 13.5. The number of nitrogens with zero attached hydrogens (tertiary/aromatic N) is 12. The van der Waals surface area contributed by atoms with Gasteiger partial charge in [-0.15, -0.1) is 0 Å². The summed E-state index contributed by atoms with van der Waals surface area (Å²) >= 11 is 12.9. The van der Waals surface area contributed by atoms with Crippen LogP contribution in [0.5, 0.6) is 11.5 Å². The fraction of sp³-hybridized carbons (Fsp3) is 0.402. The molecule has 0 amide bonds. The molecule has 117 heavy (non-hydrogen) atoms. The number of nitrogens with one attached hydrogen (secondary N) is 3. The molecule has 6 heterocycles. The van der Waals surface area contributed by atoms with Crippen LogP contribution in [-0.2, 0) is 32.1 Å². The summed E-state index contributed by atoms with van der Waals surface area (Å²) in [6, 6.07) is 46.4. The summed E-state index contributed by atoms with van der Waals surface area (Å²) in [6.07, 6.45) is 12.0. The number of likely N-dealkylation sites (N-methyl/N-ethyl adjacent to an activating group) is 2. The van der Waals surface area contributed by atoms with Crippen molar-refractivity contribution >= 4 is 130 Å². The fourth-order valence-electron chi connectivity index (χ4n) is 14.4. The SMILES string of the molecule is CCCCO.CCc1cc(N)c(OC)cc1N1CCC(N2CCN(C)CC2)CC1.CCc1cc(Nc2ncc(Br)c(Nc3ccc(-c4ccc(C#N)cc4)cc3P(C)(C)=O)n2)c(OC)cc1N1CCC(N2CCN(C)CC2)CC1.CP(C)(=O)c1cc(-c2ccc(C#N)cc2)ccc1Nc1nc(Cl)ncc1Br.Cc1ccc(S(=O)(=O)O)cc1. The molecule has 24 nitrogen and oxygen atoms in total. The minimum Gasteiger partial charge on any atom is -0.495 e. The zero-order valence-electron chi connectivity index (χ0n) is 69.1. The first kappa shape index (κ1) is 92.4. The Balaban J connectivity index is 0.000000195. The lowest BCUT2D eigenvalue weighted by Gasteiger charge is -2.43. The van der Waals surface area contributed by atoms with E-state index in [0.29, 0.717) is 72.3 Å². The Morgan fingerprint density at radius 2 is 0.983 bits per heavy atom. The van der Waals surface area contributed by atoms with Crippen molar-refractivity contribution in [3.8, 4) is 45.9 Å². The summed E-state index contributed by atoms with van der Waals surface area (Å²) < 4.78 is 68.6. The van der Waals surface area contributed by atoms with Crippen LogP contribution in [-0.4, -0.2) is 210 Å². The molecule has 4 saturated heterocycles. The number of halogens is 3. The lowest BCUT2D eigenvalue weighted by atomic mass is 9.99. The first-order valence-corrected chi connectivity index (χ1v) is 48.1. The van der Waals surface area contributed by atoms with Crippen LogP contribution in [0, 0.1) is 29.6 Å². The van der Waals surface area contributed by atoms with Gasteiger partial charge < -0.3 is 65.0 Å². The molecule has 30 heteroatoms. The first-order valence-electron chi connectivity index (χ1n) is 39.5. The van der Waals surface area contributed by atoms with Gasteiger partial charge in [-0.1, -0.05) is 81.3 Å². The van der Waals surface area contributed by atoms with E-state index < -0.39 is 24.4 Å². The Kier molecular flexibility index (Phi) is 34.3. The van der Waals surface area contributed by atoms with Crippen LogP contribution in [0.2, 0.25) is 5.28 Å². The van der Waals surface area contributed by atoms with E-state index >= 15 is 0 Å². The Morgan fingerprint density at radius 1 is 0.564 bits per heavy atom. The molecule has 9 aromatic rings. The number of aromatic nitrogens is 4. The molecular weight excluding hydrogens is 1690 g/mol. The number of rotatable bonds is 21. The lowest BCUT2D eigenvalue weighted by Crippen LogP contribution is -2.52. The smallest absolute Gasteiger partial charge is 0.294 e. The van der Waals surface area contributed by atoms with Crippen LogP contribution in [0.1, 0.15) is 87.1 Å². The zero-order chi connectivity index (χ0) is 84.7. The topological polar surface area (TPSA) is 308 Å². The highest BCUT2D eigenvalue weighted by Gasteiger charge is 2.31. The van der Waals surface area contributed by atoms with E-state index in [-0.39, 0.29) is 10.2 Å². The van der Waals surface area contributed by atoms with E-state index in [1.54, 1.807) is 89.7 Å². The van der Waals surface area contributed by atoms with Crippen molar-refractivity contribution in [3.05, 3.63) is 188 Å². The highest BCUT2D eigenvalue weighted by atomic mass is 79.9. The molecule has 13 rings (SSSR count). The van der Waals surface area contributed by atoms with Gasteiger partial charge in [-0.3, -0.25) is 14.4 Å². The molecule has 0 aliphatic carbocycles. The average Bonchev–Trinajstić information content (AvgIpc) is 0.807. The van der Waals surface area contributed by atoms with Gasteiger partial charge in [-0.25, -0.2) is 9.97 Å². The highest BCUT2D eigenvalue weighted by Crippen LogP contribution is 2.44. The summed E-state index contributed by atoms with van der Waals surface area (Å²) in [7, 11) is -1.48. The Morgan fingerprint density at radius 3 is 1.38 bits per heavy atom. The number of anilines is 9. The van der Waals surface area contributed by atoms with E-state index in [9.17, 15) is 22.8 Å². The number of methoxy groups -OCH3 is 2. The highest BCUT2D eigenvalue weighted by molar-refractivity contribution is 9.11. The number of hydrogen-bond acceptors (Lipinski definition) is 23. The monoisotopic (exact) mass is 1790 g/mol. The molecule has 0 saturated carbocycles. The number of benzene rings is 7. The number of hydrogen-bond donors (Lipinski definition) is 6. The van der Waals surface area contributed by atoms with Crippen molar-refractivity contribution in [2.45, 2.75) is 96.0 Å². The molecule has 0 spiro atoms.